The van der Waals surface area contributed by atoms with Crippen molar-refractivity contribution >= 4 is 24.0 Å². The molecular formula is C25H32ClN3O. The molecule has 0 amide bonds. The maximum absolute atomic E-state index is 6.85. The summed E-state index contributed by atoms with van der Waals surface area (Å²) in [5.74, 6) is 0. The number of benzene rings is 1. The van der Waals surface area contributed by atoms with Crippen LogP contribution in [0.5, 0.6) is 0 Å². The highest BCUT2D eigenvalue weighted by molar-refractivity contribution is 6.30. The summed E-state index contributed by atoms with van der Waals surface area (Å²) in [5, 5.41) is 0.760. The third kappa shape index (κ3) is 4.66. The van der Waals surface area contributed by atoms with Gasteiger partial charge >= 0.3 is 0 Å². The SMILES string of the molecule is C=N/C=C\C(CN1CCC2(CC1)OC(c1cc(C)cc(Cl)c1)C(=C/C)/C2=C\C)=NC. The number of ether oxygens (including phenoxy) is 1. The van der Waals surface area contributed by atoms with Crippen molar-refractivity contribution in [2.75, 3.05) is 26.7 Å². The summed E-state index contributed by atoms with van der Waals surface area (Å²) in [4.78, 5) is 10.6. The Bertz CT molecular complexity index is 885. The highest BCUT2D eigenvalue weighted by atomic mass is 35.5. The lowest BCUT2D eigenvalue weighted by Gasteiger charge is -2.39. The third-order valence-electron chi connectivity index (χ3n) is 6.10. The zero-order valence-electron chi connectivity index (χ0n) is 18.5. The van der Waals surface area contributed by atoms with Crippen molar-refractivity contribution < 1.29 is 4.74 Å². The maximum Gasteiger partial charge on any atom is 0.109 e. The molecule has 3 rings (SSSR count). The smallest absolute Gasteiger partial charge is 0.109 e. The van der Waals surface area contributed by atoms with Gasteiger partial charge in [0.15, 0.2) is 0 Å². The molecule has 160 valence electrons. The molecule has 2 aliphatic heterocycles. The fourth-order valence-electron chi connectivity index (χ4n) is 4.68. The van der Waals surface area contributed by atoms with Crippen molar-refractivity contribution in [3.8, 4) is 0 Å². The number of allylic oxidation sites excluding steroid dienone is 2. The van der Waals surface area contributed by atoms with E-state index in [2.05, 4.69) is 60.6 Å². The van der Waals surface area contributed by atoms with Gasteiger partial charge < -0.3 is 4.74 Å². The van der Waals surface area contributed by atoms with Gasteiger partial charge in [-0.25, -0.2) is 0 Å². The number of nitrogens with zero attached hydrogens (tertiary/aromatic N) is 3. The molecule has 2 saturated heterocycles. The van der Waals surface area contributed by atoms with Gasteiger partial charge in [0.05, 0.1) is 11.3 Å². The van der Waals surface area contributed by atoms with Gasteiger partial charge in [-0.05, 0) is 80.8 Å². The standard InChI is InChI=1S/C25H32ClN3O/c1-6-22-23(7-2)25(30-24(22)19-14-18(3)15-20(26)16-19)9-12-29(13-10-25)17-21(28-5)8-11-27-4/h6-8,11,14-16,24H,4,9-10,12-13,17H2,1-3,5H3/b11-8-,22-6+,23-7+,28-21?. The Morgan fingerprint density at radius 3 is 2.57 bits per heavy atom. The van der Waals surface area contributed by atoms with E-state index in [0.29, 0.717) is 0 Å². The summed E-state index contributed by atoms with van der Waals surface area (Å²) >= 11 is 6.36. The maximum atomic E-state index is 6.85. The predicted molar refractivity (Wildman–Crippen MR) is 128 cm³/mol. The molecule has 30 heavy (non-hydrogen) atoms. The monoisotopic (exact) mass is 425 g/mol. The lowest BCUT2D eigenvalue weighted by atomic mass is 9.81. The molecule has 1 unspecified atom stereocenters. The first kappa shape index (κ1) is 22.7. The topological polar surface area (TPSA) is 37.2 Å². The number of halogens is 1. The van der Waals surface area contributed by atoms with Gasteiger partial charge in [-0.3, -0.25) is 14.9 Å². The molecule has 1 atom stereocenters. The minimum atomic E-state index is -0.240. The lowest BCUT2D eigenvalue weighted by molar-refractivity contribution is -0.0582. The number of aliphatic imine (C=N–C) groups is 2. The van der Waals surface area contributed by atoms with E-state index in [1.807, 2.05) is 25.3 Å². The summed E-state index contributed by atoms with van der Waals surface area (Å²) in [7, 11) is 1.82. The highest BCUT2D eigenvalue weighted by Gasteiger charge is 2.48. The number of hydrogen-bond donors (Lipinski definition) is 0. The van der Waals surface area contributed by atoms with Crippen molar-refractivity contribution in [1.29, 1.82) is 0 Å². The van der Waals surface area contributed by atoms with Gasteiger partial charge in [0.2, 0.25) is 0 Å². The van der Waals surface area contributed by atoms with Crippen molar-refractivity contribution in [3.63, 3.8) is 0 Å². The first-order chi connectivity index (χ1) is 14.5. The zero-order valence-corrected chi connectivity index (χ0v) is 19.2. The fourth-order valence-corrected chi connectivity index (χ4v) is 4.98. The Kier molecular flexibility index (Phi) is 7.45. The Morgan fingerprint density at radius 1 is 1.27 bits per heavy atom. The number of likely N-dealkylation sites (tertiary alicyclic amines) is 1. The van der Waals surface area contributed by atoms with E-state index >= 15 is 0 Å². The molecular weight excluding hydrogens is 394 g/mol. The van der Waals surface area contributed by atoms with Gasteiger partial charge in [-0.15, -0.1) is 0 Å². The predicted octanol–water partition coefficient (Wildman–Crippen LogP) is 5.73. The van der Waals surface area contributed by atoms with E-state index in [0.717, 1.165) is 54.3 Å². The molecule has 0 N–H and O–H groups in total. The van der Waals surface area contributed by atoms with E-state index in [4.69, 9.17) is 16.3 Å². The first-order valence-corrected chi connectivity index (χ1v) is 10.9. The van der Waals surface area contributed by atoms with Crippen LogP contribution >= 0.6 is 11.6 Å². The van der Waals surface area contributed by atoms with E-state index in [1.54, 1.807) is 6.20 Å². The molecule has 0 aromatic heterocycles. The molecule has 4 nitrogen and oxygen atoms in total. The van der Waals surface area contributed by atoms with E-state index in [9.17, 15) is 0 Å². The van der Waals surface area contributed by atoms with Crippen LogP contribution in [0.2, 0.25) is 5.02 Å². The Balaban J connectivity index is 1.81. The molecule has 0 aliphatic carbocycles. The lowest BCUT2D eigenvalue weighted by Crippen LogP contribution is -2.46. The Labute approximate surface area is 185 Å². The Hall–Kier alpha value is -2.01. The summed E-state index contributed by atoms with van der Waals surface area (Å²) < 4.78 is 6.85. The first-order valence-electron chi connectivity index (χ1n) is 10.5. The summed E-state index contributed by atoms with van der Waals surface area (Å²) in [6.07, 6.45) is 9.91. The molecule has 0 bridgehead atoms. The van der Waals surface area contributed by atoms with Gasteiger partial charge in [-0.1, -0.05) is 29.8 Å². The Morgan fingerprint density at radius 2 is 2.00 bits per heavy atom. The average Bonchev–Trinajstić information content (AvgIpc) is 3.04. The van der Waals surface area contributed by atoms with Crippen LogP contribution in [0, 0.1) is 6.92 Å². The summed E-state index contributed by atoms with van der Waals surface area (Å²) in [6, 6.07) is 6.21. The number of piperidine rings is 1. The van der Waals surface area contributed by atoms with Crippen LogP contribution in [0.15, 0.2) is 63.8 Å². The summed E-state index contributed by atoms with van der Waals surface area (Å²) in [5.41, 5.74) is 5.65. The van der Waals surface area contributed by atoms with Gasteiger partial charge in [0, 0.05) is 37.9 Å². The number of aryl methyl sites for hydroxylation is 1. The fraction of sp³-hybridized carbons (Fsp3) is 0.440. The normalized spacial score (nSPS) is 25.1. The van der Waals surface area contributed by atoms with Crippen LogP contribution in [0.4, 0.5) is 0 Å². The third-order valence-corrected chi connectivity index (χ3v) is 6.32. The summed E-state index contributed by atoms with van der Waals surface area (Å²) in [6.45, 7) is 12.5. The van der Waals surface area contributed by atoms with Gasteiger partial charge in [0.25, 0.3) is 0 Å². The molecule has 2 heterocycles. The molecule has 2 fully saturated rings. The van der Waals surface area contributed by atoms with E-state index in [1.165, 1.54) is 11.1 Å². The van der Waals surface area contributed by atoms with Crippen molar-refractivity contribution in [3.05, 3.63) is 69.9 Å². The second-order valence-corrected chi connectivity index (χ2v) is 8.43. The van der Waals surface area contributed by atoms with Gasteiger partial charge in [0.1, 0.15) is 6.10 Å². The number of rotatable bonds is 5. The molecule has 1 aromatic carbocycles. The van der Waals surface area contributed by atoms with Gasteiger partial charge in [-0.2, -0.15) is 0 Å². The van der Waals surface area contributed by atoms with E-state index in [-0.39, 0.29) is 11.7 Å². The zero-order chi connectivity index (χ0) is 21.7. The van der Waals surface area contributed by atoms with Crippen molar-refractivity contribution in [2.24, 2.45) is 9.98 Å². The molecule has 2 aliphatic rings. The molecule has 0 radical (unpaired) electrons. The van der Waals surface area contributed by atoms with Crippen LogP contribution in [0.1, 0.15) is 43.9 Å². The van der Waals surface area contributed by atoms with Crippen LogP contribution in [-0.2, 0) is 4.74 Å². The van der Waals surface area contributed by atoms with Crippen LogP contribution < -0.4 is 0 Å². The molecule has 1 aromatic rings. The van der Waals surface area contributed by atoms with Crippen LogP contribution in [0.3, 0.4) is 0 Å². The highest BCUT2D eigenvalue weighted by Crippen LogP contribution is 2.52. The minimum absolute atomic E-state index is 0.0699. The number of hydrogen-bond acceptors (Lipinski definition) is 4. The molecule has 0 saturated carbocycles. The quantitative estimate of drug-likeness (QED) is 0.564. The van der Waals surface area contributed by atoms with Crippen molar-refractivity contribution in [2.45, 2.75) is 45.3 Å². The minimum Gasteiger partial charge on any atom is -0.358 e. The van der Waals surface area contributed by atoms with Crippen molar-refractivity contribution in [1.82, 2.24) is 4.90 Å². The molecule has 5 heteroatoms. The average molecular weight is 426 g/mol. The van der Waals surface area contributed by atoms with E-state index < -0.39 is 0 Å². The second-order valence-electron chi connectivity index (χ2n) is 7.99. The van der Waals surface area contributed by atoms with Crippen LogP contribution in [-0.4, -0.2) is 49.6 Å². The second kappa shape index (κ2) is 9.86. The molecule has 1 spiro atoms. The largest absolute Gasteiger partial charge is 0.358 e. The van der Waals surface area contributed by atoms with Crippen LogP contribution in [0.25, 0.3) is 0 Å².